The molecule has 23 heavy (non-hydrogen) atoms. The van der Waals surface area contributed by atoms with Crippen molar-refractivity contribution in [3.8, 4) is 11.3 Å². The third-order valence-electron chi connectivity index (χ3n) is 4.20. The van der Waals surface area contributed by atoms with E-state index < -0.39 is 0 Å². The molecule has 122 valence electrons. The summed E-state index contributed by atoms with van der Waals surface area (Å²) in [6.07, 6.45) is 4.29. The first-order valence-corrected chi connectivity index (χ1v) is 9.48. The number of ether oxygens (including phenoxy) is 1. The molecular formula is C19H24N2OS. The fraction of sp³-hybridized carbons (Fsp3) is 0.421. The highest BCUT2D eigenvalue weighted by Gasteiger charge is 2.09. The molecule has 2 heterocycles. The topological polar surface area (TPSA) is 25.4 Å². The molecule has 0 unspecified atom stereocenters. The molecule has 1 fully saturated rings. The zero-order valence-electron chi connectivity index (χ0n) is 13.7. The van der Waals surface area contributed by atoms with E-state index in [0.29, 0.717) is 0 Å². The number of aryl methyl sites for hydroxylation is 1. The first-order chi connectivity index (χ1) is 11.3. The first-order valence-electron chi connectivity index (χ1n) is 8.25. The highest BCUT2D eigenvalue weighted by molar-refractivity contribution is 7.98. The van der Waals surface area contributed by atoms with Crippen LogP contribution in [0.4, 0.5) is 0 Å². The number of pyridine rings is 1. The summed E-state index contributed by atoms with van der Waals surface area (Å²) < 4.78 is 5.39. The predicted octanol–water partition coefficient (Wildman–Crippen LogP) is 3.74. The third-order valence-corrected chi connectivity index (χ3v) is 4.95. The van der Waals surface area contributed by atoms with Crippen molar-refractivity contribution in [3.05, 3.63) is 48.2 Å². The van der Waals surface area contributed by atoms with Crippen molar-refractivity contribution in [3.63, 3.8) is 0 Å². The van der Waals surface area contributed by atoms with Crippen molar-refractivity contribution in [2.45, 2.75) is 17.7 Å². The van der Waals surface area contributed by atoms with Gasteiger partial charge >= 0.3 is 0 Å². The minimum atomic E-state index is 0.875. The molecule has 1 aliphatic heterocycles. The molecule has 0 atom stereocenters. The highest BCUT2D eigenvalue weighted by Crippen LogP contribution is 2.22. The summed E-state index contributed by atoms with van der Waals surface area (Å²) in [5.41, 5.74) is 3.45. The van der Waals surface area contributed by atoms with Crippen molar-refractivity contribution < 1.29 is 4.74 Å². The Kier molecular flexibility index (Phi) is 6.08. The molecule has 0 spiro atoms. The Morgan fingerprint density at radius 1 is 1.09 bits per heavy atom. The lowest BCUT2D eigenvalue weighted by Gasteiger charge is -2.26. The lowest BCUT2D eigenvalue weighted by Crippen LogP contribution is -2.36. The first kappa shape index (κ1) is 16.5. The van der Waals surface area contributed by atoms with E-state index in [1.54, 1.807) is 11.8 Å². The fourth-order valence-corrected chi connectivity index (χ4v) is 3.26. The molecule has 1 aliphatic rings. The van der Waals surface area contributed by atoms with E-state index >= 15 is 0 Å². The Balaban J connectivity index is 1.58. The number of benzene rings is 1. The standard InChI is InChI=1S/C19H24N2OS/c1-23-18-9-7-16(8-10-18)19-6-2-4-17(20-19)5-3-11-21-12-14-22-15-13-21/h2,4,6-10H,3,5,11-15H2,1H3. The summed E-state index contributed by atoms with van der Waals surface area (Å²) in [6, 6.07) is 15.0. The molecule has 3 rings (SSSR count). The van der Waals surface area contributed by atoms with Gasteiger partial charge in [-0.3, -0.25) is 9.88 Å². The summed E-state index contributed by atoms with van der Waals surface area (Å²) in [5, 5.41) is 0. The quantitative estimate of drug-likeness (QED) is 0.755. The van der Waals surface area contributed by atoms with E-state index in [2.05, 4.69) is 53.6 Å². The van der Waals surface area contributed by atoms with E-state index in [4.69, 9.17) is 9.72 Å². The summed E-state index contributed by atoms with van der Waals surface area (Å²) in [7, 11) is 0. The van der Waals surface area contributed by atoms with Crippen molar-refractivity contribution >= 4 is 11.8 Å². The van der Waals surface area contributed by atoms with Crippen molar-refractivity contribution in [2.75, 3.05) is 39.1 Å². The van der Waals surface area contributed by atoms with Gasteiger partial charge in [0.2, 0.25) is 0 Å². The van der Waals surface area contributed by atoms with Gasteiger partial charge in [-0.25, -0.2) is 0 Å². The lowest BCUT2D eigenvalue weighted by atomic mass is 10.1. The maximum absolute atomic E-state index is 5.39. The molecule has 1 aromatic heterocycles. The number of hydrogen-bond acceptors (Lipinski definition) is 4. The number of hydrogen-bond donors (Lipinski definition) is 0. The van der Waals surface area contributed by atoms with Gasteiger partial charge in [0.1, 0.15) is 0 Å². The van der Waals surface area contributed by atoms with Crippen LogP contribution in [0.5, 0.6) is 0 Å². The Hall–Kier alpha value is -1.36. The summed E-state index contributed by atoms with van der Waals surface area (Å²) in [4.78, 5) is 8.60. The second kappa shape index (κ2) is 8.48. The van der Waals surface area contributed by atoms with Gasteiger partial charge in [-0.1, -0.05) is 18.2 Å². The van der Waals surface area contributed by atoms with E-state index in [-0.39, 0.29) is 0 Å². The minimum Gasteiger partial charge on any atom is -0.379 e. The second-order valence-corrected chi connectivity index (χ2v) is 6.68. The van der Waals surface area contributed by atoms with Crippen LogP contribution in [0.2, 0.25) is 0 Å². The Morgan fingerprint density at radius 2 is 1.87 bits per heavy atom. The van der Waals surface area contributed by atoms with E-state index in [0.717, 1.165) is 51.4 Å². The van der Waals surface area contributed by atoms with Crippen molar-refractivity contribution in [1.82, 2.24) is 9.88 Å². The molecule has 3 nitrogen and oxygen atoms in total. The number of rotatable bonds is 6. The van der Waals surface area contributed by atoms with Gasteiger partial charge in [-0.2, -0.15) is 0 Å². The lowest BCUT2D eigenvalue weighted by molar-refractivity contribution is 0.0374. The normalized spacial score (nSPS) is 15.7. The molecule has 2 aromatic rings. The van der Waals surface area contributed by atoms with Gasteiger partial charge in [0.25, 0.3) is 0 Å². The van der Waals surface area contributed by atoms with Crippen LogP contribution in [0.3, 0.4) is 0 Å². The predicted molar refractivity (Wildman–Crippen MR) is 97.0 cm³/mol. The van der Waals surface area contributed by atoms with E-state index in [9.17, 15) is 0 Å². The molecule has 1 saturated heterocycles. The SMILES string of the molecule is CSc1ccc(-c2cccc(CCCN3CCOCC3)n2)cc1. The van der Waals surface area contributed by atoms with Crippen LogP contribution in [-0.4, -0.2) is 49.0 Å². The van der Waals surface area contributed by atoms with Crippen molar-refractivity contribution in [2.24, 2.45) is 0 Å². The van der Waals surface area contributed by atoms with Crippen LogP contribution in [0, 0.1) is 0 Å². The Bertz CT molecular complexity index is 609. The van der Waals surface area contributed by atoms with Gasteiger partial charge in [-0.05, 0) is 49.9 Å². The van der Waals surface area contributed by atoms with Gasteiger partial charge in [0.15, 0.2) is 0 Å². The zero-order chi connectivity index (χ0) is 15.9. The minimum absolute atomic E-state index is 0.875. The third kappa shape index (κ3) is 4.80. The van der Waals surface area contributed by atoms with Crippen molar-refractivity contribution in [1.29, 1.82) is 0 Å². The van der Waals surface area contributed by atoms with Gasteiger partial charge in [-0.15, -0.1) is 11.8 Å². The van der Waals surface area contributed by atoms with Gasteiger partial charge in [0, 0.05) is 29.2 Å². The summed E-state index contributed by atoms with van der Waals surface area (Å²) >= 11 is 1.77. The van der Waals surface area contributed by atoms with Crippen LogP contribution >= 0.6 is 11.8 Å². The average Bonchev–Trinajstić information content (AvgIpc) is 2.63. The maximum atomic E-state index is 5.39. The van der Waals surface area contributed by atoms with E-state index in [1.807, 2.05) is 0 Å². The molecular weight excluding hydrogens is 304 g/mol. The van der Waals surface area contributed by atoms with Crippen LogP contribution in [0.15, 0.2) is 47.4 Å². The number of morpholine rings is 1. The van der Waals surface area contributed by atoms with Crippen LogP contribution in [-0.2, 0) is 11.2 Å². The Morgan fingerprint density at radius 3 is 2.61 bits per heavy atom. The average molecular weight is 328 g/mol. The number of nitrogens with zero attached hydrogens (tertiary/aromatic N) is 2. The van der Waals surface area contributed by atoms with Gasteiger partial charge < -0.3 is 4.74 Å². The highest BCUT2D eigenvalue weighted by atomic mass is 32.2. The molecule has 0 aliphatic carbocycles. The van der Waals surface area contributed by atoms with Gasteiger partial charge in [0.05, 0.1) is 18.9 Å². The molecule has 0 amide bonds. The second-order valence-electron chi connectivity index (χ2n) is 5.80. The smallest absolute Gasteiger partial charge is 0.0705 e. The maximum Gasteiger partial charge on any atom is 0.0705 e. The molecule has 1 aromatic carbocycles. The van der Waals surface area contributed by atoms with E-state index in [1.165, 1.54) is 16.2 Å². The summed E-state index contributed by atoms with van der Waals surface area (Å²) in [5.74, 6) is 0. The molecule has 0 bridgehead atoms. The molecule has 0 N–H and O–H groups in total. The van der Waals surface area contributed by atoms with Crippen LogP contribution in [0.1, 0.15) is 12.1 Å². The number of thioether (sulfide) groups is 1. The van der Waals surface area contributed by atoms with Crippen LogP contribution < -0.4 is 0 Å². The fourth-order valence-electron chi connectivity index (χ4n) is 2.85. The number of aromatic nitrogens is 1. The molecule has 0 radical (unpaired) electrons. The zero-order valence-corrected chi connectivity index (χ0v) is 14.5. The molecule has 4 heteroatoms. The monoisotopic (exact) mass is 328 g/mol. The Labute approximate surface area is 143 Å². The largest absolute Gasteiger partial charge is 0.379 e. The van der Waals surface area contributed by atoms with Crippen LogP contribution in [0.25, 0.3) is 11.3 Å². The summed E-state index contributed by atoms with van der Waals surface area (Å²) in [6.45, 7) is 5.02. The molecule has 0 saturated carbocycles.